The van der Waals surface area contributed by atoms with Crippen LogP contribution in [0.2, 0.25) is 0 Å². The van der Waals surface area contributed by atoms with Crippen molar-refractivity contribution in [2.24, 2.45) is 0 Å². The number of hydrogen-bond acceptors (Lipinski definition) is 6. The minimum atomic E-state index is -0.913. The molecule has 9 heteroatoms. The van der Waals surface area contributed by atoms with Crippen molar-refractivity contribution in [1.82, 2.24) is 10.2 Å². The fraction of sp³-hybridized carbons (Fsp3) is 0.433. The molecule has 0 aromatic heterocycles. The first-order valence-electron chi connectivity index (χ1n) is 13.0. The number of benzene rings is 2. The smallest absolute Gasteiger partial charge is 0.408 e. The molecule has 0 spiro atoms. The van der Waals surface area contributed by atoms with Crippen molar-refractivity contribution < 1.29 is 23.9 Å². The van der Waals surface area contributed by atoms with Crippen LogP contribution in [0.15, 0.2) is 55.1 Å². The van der Waals surface area contributed by atoms with Crippen LogP contribution in [-0.4, -0.2) is 59.6 Å². The van der Waals surface area contributed by atoms with Gasteiger partial charge in [0, 0.05) is 11.7 Å². The van der Waals surface area contributed by atoms with Gasteiger partial charge in [0.2, 0.25) is 5.91 Å². The molecule has 3 rings (SSSR count). The molecule has 0 aliphatic heterocycles. The highest BCUT2D eigenvalue weighted by molar-refractivity contribution is 7.98. The van der Waals surface area contributed by atoms with Gasteiger partial charge in [0.05, 0.1) is 7.11 Å². The zero-order valence-electron chi connectivity index (χ0n) is 23.4. The first-order valence-corrected chi connectivity index (χ1v) is 14.4. The highest BCUT2D eigenvalue weighted by Crippen LogP contribution is 2.37. The molecule has 1 aliphatic carbocycles. The Morgan fingerprint density at radius 2 is 1.85 bits per heavy atom. The van der Waals surface area contributed by atoms with Gasteiger partial charge >= 0.3 is 6.09 Å². The van der Waals surface area contributed by atoms with E-state index >= 15 is 0 Å². The van der Waals surface area contributed by atoms with Crippen molar-refractivity contribution in [2.45, 2.75) is 63.8 Å². The van der Waals surface area contributed by atoms with Crippen molar-refractivity contribution >= 4 is 41.4 Å². The van der Waals surface area contributed by atoms with Crippen LogP contribution in [0.4, 0.5) is 10.5 Å². The molecular formula is C30H39N3O5S. The molecule has 8 nitrogen and oxygen atoms in total. The lowest BCUT2D eigenvalue weighted by Gasteiger charge is -2.35. The number of thioether (sulfide) groups is 1. The summed E-state index contributed by atoms with van der Waals surface area (Å²) < 4.78 is 10.7. The second-order valence-corrected chi connectivity index (χ2v) is 11.4. The van der Waals surface area contributed by atoms with E-state index in [0.29, 0.717) is 29.2 Å². The Hall–Kier alpha value is -3.46. The average Bonchev–Trinajstić information content (AvgIpc) is 3.73. The van der Waals surface area contributed by atoms with E-state index in [1.807, 2.05) is 30.5 Å². The molecule has 39 heavy (non-hydrogen) atoms. The number of methoxy groups -OCH3 is 1. The minimum absolute atomic E-state index is 0.117. The summed E-state index contributed by atoms with van der Waals surface area (Å²) in [6.45, 7) is 9.17. The van der Waals surface area contributed by atoms with E-state index in [0.717, 1.165) is 18.4 Å². The normalized spacial score (nSPS) is 14.5. The lowest BCUT2D eigenvalue weighted by Crippen LogP contribution is -2.53. The van der Waals surface area contributed by atoms with E-state index in [9.17, 15) is 14.4 Å². The Kier molecular flexibility index (Phi) is 10.5. The van der Waals surface area contributed by atoms with Crippen LogP contribution in [0, 0.1) is 0 Å². The molecule has 0 bridgehead atoms. The number of alkyl carbamates (subject to hydrolysis) is 1. The first kappa shape index (κ1) is 30.1. The molecule has 2 atom stereocenters. The Morgan fingerprint density at radius 1 is 1.15 bits per heavy atom. The third-order valence-corrected chi connectivity index (χ3v) is 6.78. The largest absolute Gasteiger partial charge is 0.497 e. The SMILES string of the molecule is C=Cc1cccc(C(C(=O)Nc2ccc(OC)cc2)N(C(=O)C(CCSC)NC(=O)OC(C)(C)C)C2CC2)c1. The highest BCUT2D eigenvalue weighted by atomic mass is 32.2. The molecule has 0 radical (unpaired) electrons. The van der Waals surface area contributed by atoms with Crippen molar-refractivity contribution in [3.8, 4) is 5.75 Å². The van der Waals surface area contributed by atoms with Crippen molar-refractivity contribution in [2.75, 3.05) is 24.4 Å². The number of anilines is 1. The molecule has 1 saturated carbocycles. The molecule has 2 unspecified atom stereocenters. The van der Waals surface area contributed by atoms with Crippen LogP contribution in [0.1, 0.15) is 57.2 Å². The van der Waals surface area contributed by atoms with Gasteiger partial charge in [-0.05, 0) is 93.5 Å². The molecule has 2 aromatic carbocycles. The number of carbonyl (C=O) groups excluding carboxylic acids is 3. The maximum Gasteiger partial charge on any atom is 0.408 e. The molecule has 1 aliphatic rings. The molecule has 2 aromatic rings. The Bertz CT molecular complexity index is 1160. The fourth-order valence-corrected chi connectivity index (χ4v) is 4.64. The third kappa shape index (κ3) is 8.78. The number of carbonyl (C=O) groups is 3. The quantitative estimate of drug-likeness (QED) is 0.352. The topological polar surface area (TPSA) is 97.0 Å². The van der Waals surface area contributed by atoms with Crippen LogP contribution in [0.5, 0.6) is 5.75 Å². The van der Waals surface area contributed by atoms with Crippen molar-refractivity contribution in [1.29, 1.82) is 0 Å². The summed E-state index contributed by atoms with van der Waals surface area (Å²) in [5.41, 5.74) is 1.38. The zero-order chi connectivity index (χ0) is 28.6. The van der Waals surface area contributed by atoms with E-state index in [1.54, 1.807) is 74.9 Å². The summed E-state index contributed by atoms with van der Waals surface area (Å²) in [6.07, 6.45) is 4.95. The second kappa shape index (κ2) is 13.6. The van der Waals surface area contributed by atoms with Gasteiger partial charge in [-0.3, -0.25) is 9.59 Å². The Morgan fingerprint density at radius 3 is 2.41 bits per heavy atom. The number of ether oxygens (including phenoxy) is 2. The van der Waals surface area contributed by atoms with Crippen molar-refractivity contribution in [3.63, 3.8) is 0 Å². The van der Waals surface area contributed by atoms with Gasteiger partial charge in [0.25, 0.3) is 5.91 Å². The van der Waals surface area contributed by atoms with E-state index in [2.05, 4.69) is 17.2 Å². The van der Waals surface area contributed by atoms with Crippen LogP contribution in [0.25, 0.3) is 6.08 Å². The highest BCUT2D eigenvalue weighted by Gasteiger charge is 2.44. The molecule has 1 fully saturated rings. The minimum Gasteiger partial charge on any atom is -0.497 e. The Balaban J connectivity index is 1.98. The van der Waals surface area contributed by atoms with Gasteiger partial charge in [0.15, 0.2) is 0 Å². The average molecular weight is 554 g/mol. The summed E-state index contributed by atoms with van der Waals surface area (Å²) in [5.74, 6) is 0.668. The van der Waals surface area contributed by atoms with Crippen LogP contribution in [-0.2, 0) is 14.3 Å². The summed E-state index contributed by atoms with van der Waals surface area (Å²) >= 11 is 1.58. The van der Waals surface area contributed by atoms with Crippen molar-refractivity contribution in [3.05, 3.63) is 66.2 Å². The number of nitrogens with zero attached hydrogens (tertiary/aromatic N) is 1. The van der Waals surface area contributed by atoms with Gasteiger partial charge in [-0.15, -0.1) is 0 Å². The standard InChI is InChI=1S/C30H39N3O5S/c1-7-20-9-8-10-21(19-20)26(27(34)31-22-11-15-24(37-5)16-12-22)33(23-13-14-23)28(35)25(17-18-39-6)32-29(36)38-30(2,3)4/h7-12,15-16,19,23,25-26H,1,13-14,17-18H2,2-6H3,(H,31,34)(H,32,36). The van der Waals surface area contributed by atoms with E-state index in [-0.39, 0.29) is 17.9 Å². The summed E-state index contributed by atoms with van der Waals surface area (Å²) in [7, 11) is 1.58. The first-order chi connectivity index (χ1) is 18.6. The number of hydrogen-bond donors (Lipinski definition) is 2. The van der Waals surface area contributed by atoms with Crippen LogP contribution >= 0.6 is 11.8 Å². The maximum atomic E-state index is 14.2. The predicted molar refractivity (Wildman–Crippen MR) is 157 cm³/mol. The summed E-state index contributed by atoms with van der Waals surface area (Å²) in [5, 5.41) is 5.74. The number of nitrogens with one attached hydrogen (secondary N) is 2. The predicted octanol–water partition coefficient (Wildman–Crippen LogP) is 5.66. The van der Waals surface area contributed by atoms with Gasteiger partial charge in [-0.1, -0.05) is 30.9 Å². The molecule has 3 amide bonds. The fourth-order valence-electron chi connectivity index (χ4n) is 4.17. The molecule has 0 saturated heterocycles. The van der Waals surface area contributed by atoms with E-state index in [4.69, 9.17) is 9.47 Å². The lowest BCUT2D eigenvalue weighted by molar-refractivity contribution is -0.141. The molecule has 210 valence electrons. The zero-order valence-corrected chi connectivity index (χ0v) is 24.2. The number of rotatable bonds is 12. The molecular weight excluding hydrogens is 514 g/mol. The summed E-state index contributed by atoms with van der Waals surface area (Å²) in [6, 6.07) is 12.6. The van der Waals surface area contributed by atoms with Crippen LogP contribution < -0.4 is 15.4 Å². The van der Waals surface area contributed by atoms with Gasteiger partial charge in [0.1, 0.15) is 23.4 Å². The van der Waals surface area contributed by atoms with Gasteiger partial charge in [-0.25, -0.2) is 4.79 Å². The monoisotopic (exact) mass is 553 g/mol. The van der Waals surface area contributed by atoms with E-state index < -0.39 is 23.8 Å². The number of amides is 3. The third-order valence-electron chi connectivity index (χ3n) is 6.14. The van der Waals surface area contributed by atoms with E-state index in [1.165, 1.54) is 0 Å². The van der Waals surface area contributed by atoms with Crippen LogP contribution in [0.3, 0.4) is 0 Å². The van der Waals surface area contributed by atoms with Gasteiger partial charge < -0.3 is 25.0 Å². The Labute approximate surface area is 235 Å². The maximum absolute atomic E-state index is 14.2. The second-order valence-electron chi connectivity index (χ2n) is 10.5. The molecule has 0 heterocycles. The lowest BCUT2D eigenvalue weighted by atomic mass is 9.99. The molecule has 2 N–H and O–H groups in total. The summed E-state index contributed by atoms with van der Waals surface area (Å²) in [4.78, 5) is 42.4. The van der Waals surface area contributed by atoms with Gasteiger partial charge in [-0.2, -0.15) is 11.8 Å².